The highest BCUT2D eigenvalue weighted by Crippen LogP contribution is 2.27. The van der Waals surface area contributed by atoms with Crippen LogP contribution in [0.4, 0.5) is 5.69 Å². The molecule has 31 heavy (non-hydrogen) atoms. The zero-order valence-electron chi connectivity index (χ0n) is 16.9. The van der Waals surface area contributed by atoms with E-state index < -0.39 is 6.04 Å². The molecule has 2 aromatic carbocycles. The van der Waals surface area contributed by atoms with E-state index in [1.807, 2.05) is 61.1 Å². The van der Waals surface area contributed by atoms with Crippen LogP contribution in [0, 0.1) is 0 Å². The molecule has 0 fully saturated rings. The molecule has 0 saturated carbocycles. The van der Waals surface area contributed by atoms with Gasteiger partial charge in [0.25, 0.3) is 5.91 Å². The normalized spacial score (nSPS) is 12.0. The Balaban J connectivity index is 1.43. The van der Waals surface area contributed by atoms with Crippen LogP contribution >= 0.6 is 23.4 Å². The zero-order chi connectivity index (χ0) is 21.8. The van der Waals surface area contributed by atoms with Crippen LogP contribution in [0.3, 0.4) is 0 Å². The molecule has 0 aliphatic heterocycles. The third-order valence-corrected chi connectivity index (χ3v) is 5.94. The van der Waals surface area contributed by atoms with Crippen molar-refractivity contribution in [3.8, 4) is 11.4 Å². The Kier molecular flexibility index (Phi) is 6.34. The van der Waals surface area contributed by atoms with Gasteiger partial charge in [0.2, 0.25) is 5.82 Å². The average Bonchev–Trinajstić information content (AvgIpc) is 3.40. The van der Waals surface area contributed by atoms with Gasteiger partial charge in [-0.05, 0) is 60.2 Å². The molecular formula is C21H20ClN7OS. The van der Waals surface area contributed by atoms with Crippen LogP contribution in [-0.2, 0) is 11.8 Å². The van der Waals surface area contributed by atoms with Crippen LogP contribution in [0.15, 0.2) is 71.0 Å². The Morgan fingerprint density at radius 1 is 1.16 bits per heavy atom. The van der Waals surface area contributed by atoms with E-state index in [0.29, 0.717) is 23.0 Å². The first-order valence-corrected chi connectivity index (χ1v) is 10.8. The number of imidazole rings is 1. The summed E-state index contributed by atoms with van der Waals surface area (Å²) in [6, 6.07) is 14.2. The van der Waals surface area contributed by atoms with E-state index in [2.05, 4.69) is 25.7 Å². The van der Waals surface area contributed by atoms with Gasteiger partial charge in [0.15, 0.2) is 11.2 Å². The summed E-state index contributed by atoms with van der Waals surface area (Å²) in [7, 11) is 1.95. The van der Waals surface area contributed by atoms with Crippen molar-refractivity contribution in [3.05, 3.63) is 65.9 Å². The lowest BCUT2D eigenvalue weighted by Crippen LogP contribution is -2.27. The van der Waals surface area contributed by atoms with E-state index in [1.54, 1.807) is 30.1 Å². The lowest BCUT2D eigenvalue weighted by Gasteiger charge is -2.13. The van der Waals surface area contributed by atoms with Crippen LogP contribution in [0.2, 0.25) is 5.02 Å². The second kappa shape index (κ2) is 9.32. The van der Waals surface area contributed by atoms with Crippen LogP contribution in [0.1, 0.15) is 19.4 Å². The lowest BCUT2D eigenvalue weighted by atomic mass is 10.2. The quantitative estimate of drug-likeness (QED) is 0.444. The highest BCUT2D eigenvalue weighted by Gasteiger charge is 2.22. The minimum absolute atomic E-state index is 0.202. The third kappa shape index (κ3) is 4.95. The predicted octanol–water partition coefficient (Wildman–Crippen LogP) is 4.47. The average molecular weight is 454 g/mol. The maximum absolute atomic E-state index is 12.8. The largest absolute Gasteiger partial charge is 0.329 e. The molecule has 1 atom stereocenters. The van der Waals surface area contributed by atoms with Gasteiger partial charge in [0.05, 0.1) is 0 Å². The van der Waals surface area contributed by atoms with Gasteiger partial charge in [-0.15, -0.1) is 10.2 Å². The van der Waals surface area contributed by atoms with Gasteiger partial charge in [-0.1, -0.05) is 30.3 Å². The third-order valence-electron chi connectivity index (χ3n) is 4.61. The predicted molar refractivity (Wildman–Crippen MR) is 120 cm³/mol. The minimum atomic E-state index is -0.574. The number of nitrogens with one attached hydrogen (secondary N) is 1. The van der Waals surface area contributed by atoms with Crippen LogP contribution < -0.4 is 5.32 Å². The molecule has 0 spiro atoms. The molecule has 0 saturated heterocycles. The van der Waals surface area contributed by atoms with Gasteiger partial charge in [0.1, 0.15) is 0 Å². The Hall–Kier alpha value is -3.17. The number of aryl methyl sites for hydroxylation is 1. The summed E-state index contributed by atoms with van der Waals surface area (Å²) >= 11 is 7.48. The van der Waals surface area contributed by atoms with Crippen molar-refractivity contribution < 1.29 is 4.79 Å². The van der Waals surface area contributed by atoms with Crippen LogP contribution in [0.5, 0.6) is 0 Å². The number of tetrazole rings is 1. The maximum Gasteiger partial charge on any atom is 0.251 e. The second-order valence-corrected chi connectivity index (χ2v) is 8.28. The summed E-state index contributed by atoms with van der Waals surface area (Å²) in [6.45, 7) is 1.90. The van der Waals surface area contributed by atoms with Crippen LogP contribution in [0.25, 0.3) is 11.4 Å². The maximum atomic E-state index is 12.8. The first kappa shape index (κ1) is 21.1. The molecule has 4 rings (SSSR count). The van der Waals surface area contributed by atoms with Crippen molar-refractivity contribution >= 4 is 35.0 Å². The van der Waals surface area contributed by atoms with Gasteiger partial charge in [-0.2, -0.15) is 4.80 Å². The zero-order valence-corrected chi connectivity index (χ0v) is 18.5. The number of amides is 1. The molecule has 1 N–H and O–H groups in total. The van der Waals surface area contributed by atoms with Crippen molar-refractivity contribution in [3.63, 3.8) is 0 Å². The summed E-state index contributed by atoms with van der Waals surface area (Å²) in [4.78, 5) is 19.5. The highest BCUT2D eigenvalue weighted by molar-refractivity contribution is 7.99. The van der Waals surface area contributed by atoms with E-state index in [-0.39, 0.29) is 5.91 Å². The summed E-state index contributed by atoms with van der Waals surface area (Å²) in [5, 5.41) is 17.0. The molecule has 0 aliphatic carbocycles. The Bertz CT molecular complexity index is 1170. The SMILES string of the molecule is CCC(C(=O)Nc1ccc(Sc2nccn2C)cc1)n1nnc(-c2ccc(Cl)cc2)n1. The number of anilines is 1. The molecule has 0 bridgehead atoms. The molecule has 0 radical (unpaired) electrons. The Morgan fingerprint density at radius 3 is 2.55 bits per heavy atom. The van der Waals surface area contributed by atoms with E-state index in [9.17, 15) is 4.79 Å². The van der Waals surface area contributed by atoms with E-state index in [1.165, 1.54) is 4.80 Å². The fraction of sp³-hybridized carbons (Fsp3) is 0.190. The number of carbonyl (C=O) groups is 1. The molecule has 2 heterocycles. The summed E-state index contributed by atoms with van der Waals surface area (Å²) in [6.07, 6.45) is 4.19. The van der Waals surface area contributed by atoms with Gasteiger partial charge >= 0.3 is 0 Å². The molecule has 4 aromatic rings. The second-order valence-electron chi connectivity index (χ2n) is 6.80. The molecule has 8 nitrogen and oxygen atoms in total. The first-order chi connectivity index (χ1) is 15.0. The smallest absolute Gasteiger partial charge is 0.251 e. The van der Waals surface area contributed by atoms with Gasteiger partial charge in [-0.3, -0.25) is 4.79 Å². The number of hydrogen-bond acceptors (Lipinski definition) is 6. The van der Waals surface area contributed by atoms with E-state index in [0.717, 1.165) is 15.6 Å². The number of benzene rings is 2. The molecule has 0 aliphatic rings. The monoisotopic (exact) mass is 453 g/mol. The van der Waals surface area contributed by atoms with Crippen molar-refractivity contribution in [1.29, 1.82) is 0 Å². The van der Waals surface area contributed by atoms with Crippen molar-refractivity contribution in [2.24, 2.45) is 7.05 Å². The molecule has 1 amide bonds. The number of rotatable bonds is 7. The standard InChI is InChI=1S/C21H20ClN7OS/c1-3-18(29-26-19(25-27-29)14-4-6-15(22)7-5-14)20(30)24-16-8-10-17(11-9-16)31-21-23-12-13-28(21)2/h4-13,18H,3H2,1-2H3,(H,24,30). The Labute approximate surface area is 188 Å². The van der Waals surface area contributed by atoms with E-state index >= 15 is 0 Å². The molecule has 2 aromatic heterocycles. The summed E-state index contributed by atoms with van der Waals surface area (Å²) in [5.41, 5.74) is 1.48. The van der Waals surface area contributed by atoms with Crippen molar-refractivity contribution in [1.82, 2.24) is 29.8 Å². The molecule has 10 heteroatoms. The number of nitrogens with zero attached hydrogens (tertiary/aromatic N) is 6. The highest BCUT2D eigenvalue weighted by atomic mass is 35.5. The van der Waals surface area contributed by atoms with Gasteiger partial charge in [0, 0.05) is 40.6 Å². The molecule has 158 valence electrons. The lowest BCUT2D eigenvalue weighted by molar-refractivity contribution is -0.119. The number of aromatic nitrogens is 6. The van der Waals surface area contributed by atoms with Gasteiger partial charge < -0.3 is 9.88 Å². The van der Waals surface area contributed by atoms with E-state index in [4.69, 9.17) is 11.6 Å². The van der Waals surface area contributed by atoms with Crippen LogP contribution in [-0.4, -0.2) is 35.7 Å². The fourth-order valence-electron chi connectivity index (χ4n) is 2.91. The molecular weight excluding hydrogens is 434 g/mol. The minimum Gasteiger partial charge on any atom is -0.329 e. The topological polar surface area (TPSA) is 90.5 Å². The number of hydrogen-bond donors (Lipinski definition) is 1. The number of halogens is 1. The summed E-state index contributed by atoms with van der Waals surface area (Å²) < 4.78 is 1.95. The summed E-state index contributed by atoms with van der Waals surface area (Å²) in [5.74, 6) is 0.241. The first-order valence-electron chi connectivity index (χ1n) is 9.65. The fourth-order valence-corrected chi connectivity index (χ4v) is 3.84. The Morgan fingerprint density at radius 2 is 1.90 bits per heavy atom. The number of carbonyl (C=O) groups excluding carboxylic acids is 1. The van der Waals surface area contributed by atoms with Crippen molar-refractivity contribution in [2.75, 3.05) is 5.32 Å². The van der Waals surface area contributed by atoms with Crippen molar-refractivity contribution in [2.45, 2.75) is 29.4 Å². The molecule has 1 unspecified atom stereocenters. The van der Waals surface area contributed by atoms with Gasteiger partial charge in [-0.25, -0.2) is 4.98 Å².